The van der Waals surface area contributed by atoms with Crippen LogP contribution < -0.4 is 10.6 Å². The second-order valence-electron chi connectivity index (χ2n) is 7.34. The normalized spacial score (nSPS) is 16.3. The molecule has 0 saturated carbocycles. The van der Waals surface area contributed by atoms with Crippen LogP contribution in [0, 0.1) is 0 Å². The van der Waals surface area contributed by atoms with Crippen molar-refractivity contribution in [2.45, 2.75) is 38.3 Å². The molecule has 0 radical (unpaired) electrons. The molecule has 2 aromatic rings. The van der Waals surface area contributed by atoms with Gasteiger partial charge < -0.3 is 10.6 Å². The number of carbonyl (C=O) groups is 2. The van der Waals surface area contributed by atoms with Gasteiger partial charge in [-0.2, -0.15) is 0 Å². The van der Waals surface area contributed by atoms with Gasteiger partial charge in [0, 0.05) is 13.5 Å². The van der Waals surface area contributed by atoms with Crippen molar-refractivity contribution in [3.05, 3.63) is 71.8 Å². The van der Waals surface area contributed by atoms with Gasteiger partial charge in [0.25, 0.3) is 0 Å². The van der Waals surface area contributed by atoms with Crippen molar-refractivity contribution in [1.82, 2.24) is 15.5 Å². The quantitative estimate of drug-likeness (QED) is 0.740. The van der Waals surface area contributed by atoms with E-state index in [0.717, 1.165) is 18.7 Å². The van der Waals surface area contributed by atoms with Gasteiger partial charge in [-0.25, -0.2) is 0 Å². The number of rotatable bonds is 8. The first-order valence-electron chi connectivity index (χ1n) is 10.0. The molecule has 1 aliphatic heterocycles. The Morgan fingerprint density at radius 1 is 0.929 bits per heavy atom. The molecule has 1 fully saturated rings. The first-order valence-corrected chi connectivity index (χ1v) is 10.0. The molecule has 0 aromatic heterocycles. The van der Waals surface area contributed by atoms with Crippen LogP contribution in [0.1, 0.15) is 49.4 Å². The van der Waals surface area contributed by atoms with Crippen molar-refractivity contribution < 1.29 is 9.59 Å². The summed E-state index contributed by atoms with van der Waals surface area (Å²) in [7, 11) is 0. The summed E-state index contributed by atoms with van der Waals surface area (Å²) >= 11 is 0. The largest absolute Gasteiger partial charge is 0.354 e. The van der Waals surface area contributed by atoms with Gasteiger partial charge in [0.05, 0.1) is 18.5 Å². The molecule has 1 saturated heterocycles. The molecule has 2 unspecified atom stereocenters. The second kappa shape index (κ2) is 10.0. The minimum Gasteiger partial charge on any atom is -0.354 e. The van der Waals surface area contributed by atoms with Crippen LogP contribution in [0.4, 0.5) is 0 Å². The summed E-state index contributed by atoms with van der Waals surface area (Å²) in [6, 6.07) is 19.8. The molecule has 0 aliphatic carbocycles. The summed E-state index contributed by atoms with van der Waals surface area (Å²) < 4.78 is 0. The average Bonchev–Trinajstić information content (AvgIpc) is 3.23. The van der Waals surface area contributed by atoms with Crippen LogP contribution in [0.25, 0.3) is 0 Å². The maximum Gasteiger partial charge on any atom is 0.222 e. The average molecular weight is 380 g/mol. The number of carbonyl (C=O) groups excluding carboxylic acids is 2. The number of hydrogen-bond acceptors (Lipinski definition) is 3. The highest BCUT2D eigenvalue weighted by Crippen LogP contribution is 2.24. The highest BCUT2D eigenvalue weighted by atomic mass is 16.2. The number of amides is 2. The summed E-state index contributed by atoms with van der Waals surface area (Å²) in [5, 5.41) is 5.99. The van der Waals surface area contributed by atoms with Gasteiger partial charge >= 0.3 is 0 Å². The van der Waals surface area contributed by atoms with E-state index < -0.39 is 0 Å². The summed E-state index contributed by atoms with van der Waals surface area (Å²) in [6.07, 6.45) is 2.64. The van der Waals surface area contributed by atoms with Gasteiger partial charge in [-0.05, 0) is 37.1 Å². The predicted molar refractivity (Wildman–Crippen MR) is 111 cm³/mol. The lowest BCUT2D eigenvalue weighted by atomic mass is 10.0. The molecule has 2 amide bonds. The van der Waals surface area contributed by atoms with Crippen molar-refractivity contribution in [2.24, 2.45) is 0 Å². The maximum atomic E-state index is 12.7. The van der Waals surface area contributed by atoms with Crippen molar-refractivity contribution >= 4 is 11.8 Å². The predicted octanol–water partition coefficient (Wildman–Crippen LogP) is 3.21. The van der Waals surface area contributed by atoms with Gasteiger partial charge in [-0.3, -0.25) is 14.5 Å². The van der Waals surface area contributed by atoms with E-state index in [2.05, 4.69) is 27.7 Å². The van der Waals surface area contributed by atoms with Crippen LogP contribution in [-0.2, 0) is 9.59 Å². The standard InChI is InChI=1S/C23H29N3O2/c1-18(27)25-21(19-10-4-2-5-11-19)16-23(28)24-17-22(26-14-8-9-15-26)20-12-6-3-7-13-20/h2-7,10-13,21-22H,8-9,14-17H2,1H3,(H,24,28)(H,25,27). The fourth-order valence-corrected chi connectivity index (χ4v) is 3.84. The van der Waals surface area contributed by atoms with Gasteiger partial charge in [-0.15, -0.1) is 0 Å². The van der Waals surface area contributed by atoms with Crippen LogP contribution in [0.3, 0.4) is 0 Å². The van der Waals surface area contributed by atoms with E-state index in [1.807, 2.05) is 48.5 Å². The highest BCUT2D eigenvalue weighted by Gasteiger charge is 2.24. The molecule has 1 aliphatic rings. The maximum absolute atomic E-state index is 12.7. The van der Waals surface area contributed by atoms with Crippen LogP contribution in [-0.4, -0.2) is 36.3 Å². The molecular formula is C23H29N3O2. The van der Waals surface area contributed by atoms with Crippen molar-refractivity contribution in [3.8, 4) is 0 Å². The molecule has 1 heterocycles. The Balaban J connectivity index is 1.63. The molecule has 5 heteroatoms. The number of nitrogens with one attached hydrogen (secondary N) is 2. The fraction of sp³-hybridized carbons (Fsp3) is 0.391. The topological polar surface area (TPSA) is 61.4 Å². The van der Waals surface area contributed by atoms with Gasteiger partial charge in [0.2, 0.25) is 11.8 Å². The van der Waals surface area contributed by atoms with E-state index >= 15 is 0 Å². The van der Waals surface area contributed by atoms with Gasteiger partial charge in [0.15, 0.2) is 0 Å². The Hall–Kier alpha value is -2.66. The zero-order valence-corrected chi connectivity index (χ0v) is 16.4. The summed E-state index contributed by atoms with van der Waals surface area (Å²) in [6.45, 7) is 4.18. The lowest BCUT2D eigenvalue weighted by Gasteiger charge is -2.28. The molecule has 148 valence electrons. The number of benzene rings is 2. The summed E-state index contributed by atoms with van der Waals surface area (Å²) in [5.74, 6) is -0.191. The number of likely N-dealkylation sites (tertiary alicyclic amines) is 1. The van der Waals surface area contributed by atoms with E-state index in [1.165, 1.54) is 25.3 Å². The first kappa shape index (κ1) is 20.1. The molecule has 0 bridgehead atoms. The highest BCUT2D eigenvalue weighted by molar-refractivity contribution is 5.79. The SMILES string of the molecule is CC(=O)NC(CC(=O)NCC(c1ccccc1)N1CCCC1)c1ccccc1. The second-order valence-corrected chi connectivity index (χ2v) is 7.34. The van der Waals surface area contributed by atoms with Gasteiger partial charge in [0.1, 0.15) is 0 Å². The Bertz CT molecular complexity index is 758. The number of hydrogen-bond donors (Lipinski definition) is 2. The molecule has 2 atom stereocenters. The fourth-order valence-electron chi connectivity index (χ4n) is 3.84. The van der Waals surface area contributed by atoms with Crippen LogP contribution in [0.15, 0.2) is 60.7 Å². The minimum absolute atomic E-state index is 0.0530. The number of nitrogens with zero attached hydrogens (tertiary/aromatic N) is 1. The molecule has 5 nitrogen and oxygen atoms in total. The third kappa shape index (κ3) is 5.67. The molecule has 2 N–H and O–H groups in total. The van der Waals surface area contributed by atoms with E-state index in [0.29, 0.717) is 6.54 Å². The van der Waals surface area contributed by atoms with Crippen LogP contribution in [0.2, 0.25) is 0 Å². The van der Waals surface area contributed by atoms with Crippen LogP contribution >= 0.6 is 0 Å². The van der Waals surface area contributed by atoms with E-state index in [-0.39, 0.29) is 30.3 Å². The Labute approximate surface area is 167 Å². The van der Waals surface area contributed by atoms with Crippen molar-refractivity contribution in [1.29, 1.82) is 0 Å². The first-order chi connectivity index (χ1) is 13.6. The van der Waals surface area contributed by atoms with E-state index in [1.54, 1.807) is 0 Å². The van der Waals surface area contributed by atoms with Gasteiger partial charge in [-0.1, -0.05) is 60.7 Å². The zero-order chi connectivity index (χ0) is 19.8. The third-order valence-electron chi connectivity index (χ3n) is 5.23. The lowest BCUT2D eigenvalue weighted by molar-refractivity contribution is -0.123. The van der Waals surface area contributed by atoms with Crippen molar-refractivity contribution in [3.63, 3.8) is 0 Å². The molecule has 0 spiro atoms. The van der Waals surface area contributed by atoms with E-state index in [9.17, 15) is 9.59 Å². The summed E-state index contributed by atoms with van der Waals surface area (Å²) in [4.78, 5) is 26.7. The Morgan fingerprint density at radius 3 is 2.07 bits per heavy atom. The Morgan fingerprint density at radius 2 is 1.50 bits per heavy atom. The van der Waals surface area contributed by atoms with E-state index in [4.69, 9.17) is 0 Å². The zero-order valence-electron chi connectivity index (χ0n) is 16.4. The van der Waals surface area contributed by atoms with Crippen molar-refractivity contribution in [2.75, 3.05) is 19.6 Å². The minimum atomic E-state index is -0.319. The van der Waals surface area contributed by atoms with Crippen LogP contribution in [0.5, 0.6) is 0 Å². The lowest BCUT2D eigenvalue weighted by Crippen LogP contribution is -2.38. The monoisotopic (exact) mass is 379 g/mol. The smallest absolute Gasteiger partial charge is 0.222 e. The third-order valence-corrected chi connectivity index (χ3v) is 5.23. The molecule has 2 aromatic carbocycles. The molecular weight excluding hydrogens is 350 g/mol. The summed E-state index contributed by atoms with van der Waals surface area (Å²) in [5.41, 5.74) is 2.16. The Kier molecular flexibility index (Phi) is 7.20. The molecule has 28 heavy (non-hydrogen) atoms. The molecule has 3 rings (SSSR count).